The molecule has 166 valence electrons. The Hall–Kier alpha value is -2.45. The molecule has 2 heterocycles. The molecule has 1 spiro atoms. The van der Waals surface area contributed by atoms with E-state index in [4.69, 9.17) is 0 Å². The fourth-order valence-electron chi connectivity index (χ4n) is 4.35. The van der Waals surface area contributed by atoms with Crippen LogP contribution in [-0.4, -0.2) is 61.3 Å². The Morgan fingerprint density at radius 2 is 1.70 bits per heavy atom. The molecule has 0 unspecified atom stereocenters. The first kappa shape index (κ1) is 22.2. The predicted molar refractivity (Wildman–Crippen MR) is 106 cm³/mol. The van der Waals surface area contributed by atoms with Crippen LogP contribution in [0.3, 0.4) is 0 Å². The van der Waals surface area contributed by atoms with Crippen LogP contribution < -0.4 is 9.64 Å². The summed E-state index contributed by atoms with van der Waals surface area (Å²) in [6.07, 6.45) is -2.88. The maximum Gasteiger partial charge on any atom is 0.573 e. The van der Waals surface area contributed by atoms with Crippen LogP contribution >= 0.6 is 0 Å². The predicted octanol–water partition coefficient (Wildman–Crippen LogP) is 4.11. The monoisotopic (exact) mass is 427 g/mol. The molecule has 1 aromatic rings. The van der Waals surface area contributed by atoms with Gasteiger partial charge in [0.2, 0.25) is 5.91 Å². The molecular formula is C21H28F3N3O3. The van der Waals surface area contributed by atoms with Crippen molar-refractivity contribution in [3.05, 3.63) is 24.3 Å². The SMILES string of the molecule is CC(C)CN(C)C(=O)N1CCC2(CC1)CCN(c1ccc(OC(F)(F)F)cc1)C2=O. The molecule has 0 saturated carbocycles. The summed E-state index contributed by atoms with van der Waals surface area (Å²) in [6, 6.07) is 5.36. The van der Waals surface area contributed by atoms with Crippen LogP contribution in [-0.2, 0) is 4.79 Å². The van der Waals surface area contributed by atoms with Gasteiger partial charge in [-0.15, -0.1) is 13.2 Å². The van der Waals surface area contributed by atoms with E-state index in [9.17, 15) is 22.8 Å². The normalized spacial score (nSPS) is 19.0. The third-order valence-electron chi connectivity index (χ3n) is 5.85. The highest BCUT2D eigenvalue weighted by atomic mass is 19.4. The molecule has 9 heteroatoms. The molecule has 0 aliphatic carbocycles. The fourth-order valence-corrected chi connectivity index (χ4v) is 4.35. The van der Waals surface area contributed by atoms with E-state index in [-0.39, 0.29) is 17.7 Å². The van der Waals surface area contributed by atoms with E-state index in [0.29, 0.717) is 57.0 Å². The van der Waals surface area contributed by atoms with E-state index in [1.54, 1.807) is 21.7 Å². The molecule has 0 N–H and O–H groups in total. The standard InChI is InChI=1S/C21H28F3N3O3/c1-15(2)14-25(3)19(29)26-11-8-20(9-12-26)10-13-27(18(20)28)16-4-6-17(7-5-16)30-21(22,23)24/h4-7,15H,8-14H2,1-3H3. The first-order valence-electron chi connectivity index (χ1n) is 10.2. The minimum Gasteiger partial charge on any atom is -0.406 e. The van der Waals surface area contributed by atoms with Gasteiger partial charge in [-0.25, -0.2) is 4.79 Å². The maximum absolute atomic E-state index is 13.2. The number of carbonyl (C=O) groups excluding carboxylic acids is 2. The van der Waals surface area contributed by atoms with Crippen molar-refractivity contribution >= 4 is 17.6 Å². The van der Waals surface area contributed by atoms with Gasteiger partial charge in [-0.05, 0) is 49.4 Å². The minimum absolute atomic E-state index is 0.0129. The zero-order valence-corrected chi connectivity index (χ0v) is 17.5. The van der Waals surface area contributed by atoms with Crippen molar-refractivity contribution in [2.75, 3.05) is 38.1 Å². The molecular weight excluding hydrogens is 399 g/mol. The van der Waals surface area contributed by atoms with Crippen molar-refractivity contribution in [2.24, 2.45) is 11.3 Å². The number of carbonyl (C=O) groups is 2. The minimum atomic E-state index is -4.75. The van der Waals surface area contributed by atoms with Gasteiger partial charge in [0.05, 0.1) is 5.41 Å². The number of hydrogen-bond donors (Lipinski definition) is 0. The van der Waals surface area contributed by atoms with E-state index in [1.807, 2.05) is 0 Å². The lowest BCUT2D eigenvalue weighted by atomic mass is 9.77. The molecule has 30 heavy (non-hydrogen) atoms. The topological polar surface area (TPSA) is 53.1 Å². The summed E-state index contributed by atoms with van der Waals surface area (Å²) >= 11 is 0. The summed E-state index contributed by atoms with van der Waals surface area (Å²) in [4.78, 5) is 30.9. The number of piperidine rings is 1. The largest absolute Gasteiger partial charge is 0.573 e. The van der Waals surface area contributed by atoms with Crippen molar-refractivity contribution in [1.82, 2.24) is 9.80 Å². The number of likely N-dealkylation sites (tertiary alicyclic amines) is 1. The number of amides is 3. The summed E-state index contributed by atoms with van der Waals surface area (Å²) in [5, 5.41) is 0. The van der Waals surface area contributed by atoms with Crippen molar-refractivity contribution in [1.29, 1.82) is 0 Å². The smallest absolute Gasteiger partial charge is 0.406 e. The highest BCUT2D eigenvalue weighted by Gasteiger charge is 2.49. The average molecular weight is 427 g/mol. The zero-order valence-electron chi connectivity index (χ0n) is 17.5. The molecule has 2 aliphatic rings. The van der Waals surface area contributed by atoms with E-state index in [1.165, 1.54) is 24.3 Å². The average Bonchev–Trinajstić information content (AvgIpc) is 2.97. The summed E-state index contributed by atoms with van der Waals surface area (Å²) in [5.41, 5.74) is 0.0516. The number of benzene rings is 1. The van der Waals surface area contributed by atoms with Crippen molar-refractivity contribution in [3.63, 3.8) is 0 Å². The number of urea groups is 1. The number of hydrogen-bond acceptors (Lipinski definition) is 3. The second kappa shape index (κ2) is 8.35. The van der Waals surface area contributed by atoms with Gasteiger partial charge in [0.15, 0.2) is 0 Å². The van der Waals surface area contributed by atoms with Gasteiger partial charge < -0.3 is 19.4 Å². The Labute approximate surface area is 174 Å². The maximum atomic E-state index is 13.2. The van der Waals surface area contributed by atoms with Gasteiger partial charge in [-0.3, -0.25) is 4.79 Å². The molecule has 3 rings (SSSR count). The highest BCUT2D eigenvalue weighted by molar-refractivity contribution is 6.00. The Morgan fingerprint density at radius 1 is 1.13 bits per heavy atom. The molecule has 6 nitrogen and oxygen atoms in total. The summed E-state index contributed by atoms with van der Waals surface area (Å²) in [6.45, 7) is 6.37. The third kappa shape index (κ3) is 4.82. The molecule has 0 atom stereocenters. The summed E-state index contributed by atoms with van der Waals surface area (Å²) in [5.74, 6) is 0.0487. The second-order valence-corrected chi connectivity index (χ2v) is 8.57. The summed E-state index contributed by atoms with van der Waals surface area (Å²) < 4.78 is 40.9. The van der Waals surface area contributed by atoms with E-state index in [2.05, 4.69) is 18.6 Å². The zero-order chi connectivity index (χ0) is 22.1. The first-order valence-corrected chi connectivity index (χ1v) is 10.2. The van der Waals surface area contributed by atoms with Crippen molar-refractivity contribution in [2.45, 2.75) is 39.5 Å². The summed E-state index contributed by atoms with van der Waals surface area (Å²) in [7, 11) is 1.79. The van der Waals surface area contributed by atoms with Crippen LogP contribution in [0.2, 0.25) is 0 Å². The number of nitrogens with zero attached hydrogens (tertiary/aromatic N) is 3. The molecule has 3 amide bonds. The first-order chi connectivity index (χ1) is 14.0. The van der Waals surface area contributed by atoms with Gasteiger partial charge in [-0.1, -0.05) is 13.8 Å². The Morgan fingerprint density at radius 3 is 2.23 bits per heavy atom. The molecule has 0 aromatic heterocycles. The Kier molecular flexibility index (Phi) is 6.19. The van der Waals surface area contributed by atoms with Crippen molar-refractivity contribution < 1.29 is 27.5 Å². The lowest BCUT2D eigenvalue weighted by Gasteiger charge is -2.39. The number of rotatable bonds is 4. The van der Waals surface area contributed by atoms with Gasteiger partial charge in [-0.2, -0.15) is 0 Å². The number of halogens is 3. The van der Waals surface area contributed by atoms with Gasteiger partial charge in [0.25, 0.3) is 0 Å². The van der Waals surface area contributed by atoms with E-state index in [0.717, 1.165) is 0 Å². The molecule has 2 fully saturated rings. The van der Waals surface area contributed by atoms with Crippen LogP contribution in [0.25, 0.3) is 0 Å². The van der Waals surface area contributed by atoms with Crippen LogP contribution in [0.1, 0.15) is 33.1 Å². The lowest BCUT2D eigenvalue weighted by molar-refractivity contribution is -0.274. The van der Waals surface area contributed by atoms with E-state index >= 15 is 0 Å². The Bertz CT molecular complexity index is 772. The Balaban J connectivity index is 1.61. The lowest BCUT2D eigenvalue weighted by Crippen LogP contribution is -2.50. The van der Waals surface area contributed by atoms with Crippen LogP contribution in [0.4, 0.5) is 23.7 Å². The number of ether oxygens (including phenoxy) is 1. The molecule has 0 bridgehead atoms. The molecule has 0 radical (unpaired) electrons. The van der Waals surface area contributed by atoms with Gasteiger partial charge >= 0.3 is 12.4 Å². The van der Waals surface area contributed by atoms with E-state index < -0.39 is 11.8 Å². The molecule has 2 saturated heterocycles. The quantitative estimate of drug-likeness (QED) is 0.727. The number of anilines is 1. The van der Waals surface area contributed by atoms with Crippen LogP contribution in [0.5, 0.6) is 5.75 Å². The fraction of sp³-hybridized carbons (Fsp3) is 0.619. The number of alkyl halides is 3. The van der Waals surface area contributed by atoms with Gasteiger partial charge in [0.1, 0.15) is 5.75 Å². The van der Waals surface area contributed by atoms with Crippen LogP contribution in [0, 0.1) is 11.3 Å². The molecule has 2 aliphatic heterocycles. The van der Waals surface area contributed by atoms with Gasteiger partial charge in [0, 0.05) is 38.9 Å². The highest BCUT2D eigenvalue weighted by Crippen LogP contribution is 2.43. The second-order valence-electron chi connectivity index (χ2n) is 8.57. The third-order valence-corrected chi connectivity index (χ3v) is 5.85. The van der Waals surface area contributed by atoms with Crippen LogP contribution in [0.15, 0.2) is 24.3 Å². The molecule has 1 aromatic carbocycles. The van der Waals surface area contributed by atoms with Crippen molar-refractivity contribution in [3.8, 4) is 5.75 Å².